The molecule has 0 fully saturated rings. The normalized spacial score (nSPS) is 10.8. The van der Waals surface area contributed by atoms with Gasteiger partial charge in [0.1, 0.15) is 11.3 Å². The number of aldehydes is 1. The Hall–Kier alpha value is -2.69. The van der Waals surface area contributed by atoms with Gasteiger partial charge >= 0.3 is 0 Å². The number of ether oxygens (including phenoxy) is 1. The van der Waals surface area contributed by atoms with E-state index in [-0.39, 0.29) is 5.82 Å². The number of benzene rings is 1. The average Bonchev–Trinajstić information content (AvgIpc) is 2.86. The van der Waals surface area contributed by atoms with Crippen LogP contribution in [0.4, 0.5) is 4.39 Å². The van der Waals surface area contributed by atoms with Gasteiger partial charge in [-0.3, -0.25) is 4.79 Å². The van der Waals surface area contributed by atoms with Crippen LogP contribution in [0.3, 0.4) is 0 Å². The van der Waals surface area contributed by atoms with E-state index in [0.29, 0.717) is 23.5 Å². The van der Waals surface area contributed by atoms with Gasteiger partial charge in [-0.2, -0.15) is 0 Å². The molecule has 0 bridgehead atoms. The molecule has 0 radical (unpaired) electrons. The molecule has 0 spiro atoms. The number of methoxy groups -OCH3 is 1. The molecule has 0 atom stereocenters. The lowest BCUT2D eigenvalue weighted by Gasteiger charge is -2.06. The summed E-state index contributed by atoms with van der Waals surface area (Å²) in [5, 5.41) is 0. The topological polar surface area (TPSA) is 44.1 Å². The zero-order valence-electron chi connectivity index (χ0n) is 11.4. The fourth-order valence-electron chi connectivity index (χ4n) is 2.29. The van der Waals surface area contributed by atoms with Crippen molar-refractivity contribution >= 4 is 17.3 Å². The average molecular weight is 284 g/mol. The highest BCUT2D eigenvalue weighted by Crippen LogP contribution is 2.22. The van der Waals surface area contributed by atoms with E-state index in [0.717, 1.165) is 17.4 Å². The molecule has 2 heterocycles. The van der Waals surface area contributed by atoms with Crippen LogP contribution in [0.1, 0.15) is 15.9 Å². The number of hydrogen-bond acceptors (Lipinski definition) is 3. The van der Waals surface area contributed by atoms with E-state index in [4.69, 9.17) is 4.74 Å². The molecule has 3 rings (SSSR count). The maximum atomic E-state index is 12.9. The quantitative estimate of drug-likeness (QED) is 0.692. The zero-order valence-corrected chi connectivity index (χ0v) is 11.4. The molecule has 0 aliphatic carbocycles. The van der Waals surface area contributed by atoms with Crippen molar-refractivity contribution < 1.29 is 13.9 Å². The van der Waals surface area contributed by atoms with E-state index < -0.39 is 0 Å². The minimum absolute atomic E-state index is 0.268. The molecule has 0 saturated heterocycles. The van der Waals surface area contributed by atoms with Crippen molar-refractivity contribution in [1.82, 2.24) is 9.55 Å². The summed E-state index contributed by atoms with van der Waals surface area (Å²) >= 11 is 0. The molecular formula is C16H13FN2O2. The third kappa shape index (κ3) is 2.50. The number of aromatic nitrogens is 2. The van der Waals surface area contributed by atoms with Crippen LogP contribution in [0.15, 0.2) is 42.6 Å². The van der Waals surface area contributed by atoms with Crippen LogP contribution < -0.4 is 4.74 Å². The summed E-state index contributed by atoms with van der Waals surface area (Å²) in [6, 6.07) is 9.89. The maximum absolute atomic E-state index is 12.9. The molecule has 1 aromatic carbocycles. The van der Waals surface area contributed by atoms with E-state index in [1.54, 1.807) is 24.4 Å². The predicted octanol–water partition coefficient (Wildman–Crippen LogP) is 3.04. The van der Waals surface area contributed by atoms with Crippen molar-refractivity contribution in [2.24, 2.45) is 0 Å². The van der Waals surface area contributed by atoms with E-state index >= 15 is 0 Å². The van der Waals surface area contributed by atoms with Gasteiger partial charge in [0.2, 0.25) is 5.88 Å². The molecule has 21 heavy (non-hydrogen) atoms. The summed E-state index contributed by atoms with van der Waals surface area (Å²) in [6.45, 7) is 0.540. The van der Waals surface area contributed by atoms with Gasteiger partial charge in [-0.15, -0.1) is 0 Å². The van der Waals surface area contributed by atoms with Gasteiger partial charge in [0.25, 0.3) is 0 Å². The van der Waals surface area contributed by atoms with Gasteiger partial charge in [-0.25, -0.2) is 9.37 Å². The van der Waals surface area contributed by atoms with Crippen LogP contribution in [-0.4, -0.2) is 22.9 Å². The Labute approximate surface area is 120 Å². The second kappa shape index (κ2) is 5.36. The highest BCUT2D eigenvalue weighted by molar-refractivity contribution is 5.95. The Morgan fingerprint density at radius 1 is 1.24 bits per heavy atom. The number of rotatable bonds is 4. The van der Waals surface area contributed by atoms with Gasteiger partial charge in [0.05, 0.1) is 18.2 Å². The van der Waals surface area contributed by atoms with Gasteiger partial charge in [0.15, 0.2) is 6.29 Å². The number of hydrogen-bond donors (Lipinski definition) is 0. The van der Waals surface area contributed by atoms with Crippen LogP contribution in [0.25, 0.3) is 11.0 Å². The van der Waals surface area contributed by atoms with Crippen LogP contribution in [0, 0.1) is 5.82 Å². The lowest BCUT2D eigenvalue weighted by atomic mass is 10.2. The first-order valence-corrected chi connectivity index (χ1v) is 6.45. The summed E-state index contributed by atoms with van der Waals surface area (Å²) in [5.41, 5.74) is 2.89. The molecule has 2 aromatic heterocycles. The molecule has 0 N–H and O–H groups in total. The van der Waals surface area contributed by atoms with Crippen molar-refractivity contribution in [3.8, 4) is 5.88 Å². The van der Waals surface area contributed by atoms with E-state index in [1.807, 2.05) is 10.6 Å². The first-order valence-electron chi connectivity index (χ1n) is 6.45. The first kappa shape index (κ1) is 13.3. The van der Waals surface area contributed by atoms with Crippen molar-refractivity contribution in [1.29, 1.82) is 0 Å². The number of pyridine rings is 1. The van der Waals surface area contributed by atoms with Gasteiger partial charge < -0.3 is 9.30 Å². The lowest BCUT2D eigenvalue weighted by Crippen LogP contribution is -1.98. The summed E-state index contributed by atoms with van der Waals surface area (Å²) < 4.78 is 19.9. The molecular weight excluding hydrogens is 271 g/mol. The molecule has 0 aliphatic rings. The molecule has 0 amide bonds. The summed E-state index contributed by atoms with van der Waals surface area (Å²) in [5.74, 6) is 0.196. The van der Waals surface area contributed by atoms with Crippen molar-refractivity contribution in [2.45, 2.75) is 6.54 Å². The Balaban J connectivity index is 2.06. The van der Waals surface area contributed by atoms with E-state index in [9.17, 15) is 9.18 Å². The monoisotopic (exact) mass is 284 g/mol. The van der Waals surface area contributed by atoms with Crippen molar-refractivity contribution in [2.75, 3.05) is 7.11 Å². The second-order valence-electron chi connectivity index (χ2n) is 4.68. The molecule has 106 valence electrons. The molecule has 3 aromatic rings. The summed E-state index contributed by atoms with van der Waals surface area (Å²) in [4.78, 5) is 15.5. The van der Waals surface area contributed by atoms with Crippen molar-refractivity contribution in [3.05, 3.63) is 59.5 Å². The first-order chi connectivity index (χ1) is 10.2. The highest BCUT2D eigenvalue weighted by atomic mass is 19.1. The Morgan fingerprint density at radius 2 is 2.00 bits per heavy atom. The highest BCUT2D eigenvalue weighted by Gasteiger charge is 2.11. The maximum Gasteiger partial charge on any atom is 0.213 e. The summed E-state index contributed by atoms with van der Waals surface area (Å²) in [7, 11) is 1.53. The van der Waals surface area contributed by atoms with Crippen LogP contribution in [0.5, 0.6) is 5.88 Å². The van der Waals surface area contributed by atoms with E-state index in [2.05, 4.69) is 4.98 Å². The van der Waals surface area contributed by atoms with Crippen molar-refractivity contribution in [3.63, 3.8) is 0 Å². The number of fused-ring (bicyclic) bond motifs is 1. The smallest absolute Gasteiger partial charge is 0.213 e. The standard InChI is InChI=1S/C16H13FN2O2/c1-21-15-7-6-14-16(18-15)12(10-20)9-19(14)8-11-2-4-13(17)5-3-11/h2-7,9-10H,8H2,1H3. The van der Waals surface area contributed by atoms with Gasteiger partial charge in [-0.05, 0) is 23.8 Å². The molecule has 5 heteroatoms. The molecule has 0 aliphatic heterocycles. The Morgan fingerprint density at radius 3 is 2.67 bits per heavy atom. The third-order valence-electron chi connectivity index (χ3n) is 3.33. The zero-order chi connectivity index (χ0) is 14.8. The Bertz CT molecular complexity index is 794. The largest absolute Gasteiger partial charge is 0.481 e. The second-order valence-corrected chi connectivity index (χ2v) is 4.68. The predicted molar refractivity (Wildman–Crippen MR) is 77.2 cm³/mol. The number of carbonyl (C=O) groups excluding carboxylic acids is 1. The van der Waals surface area contributed by atoms with Crippen LogP contribution >= 0.6 is 0 Å². The van der Waals surface area contributed by atoms with E-state index in [1.165, 1.54) is 19.2 Å². The number of halogens is 1. The van der Waals surface area contributed by atoms with Gasteiger partial charge in [-0.1, -0.05) is 12.1 Å². The lowest BCUT2D eigenvalue weighted by molar-refractivity contribution is 0.112. The van der Waals surface area contributed by atoms with Crippen LogP contribution in [0.2, 0.25) is 0 Å². The Kier molecular flexibility index (Phi) is 3.39. The number of carbonyl (C=O) groups is 1. The number of nitrogens with zero attached hydrogens (tertiary/aromatic N) is 2. The summed E-state index contributed by atoms with van der Waals surface area (Å²) in [6.07, 6.45) is 2.52. The molecule has 0 unspecified atom stereocenters. The van der Waals surface area contributed by atoms with Gasteiger partial charge in [0, 0.05) is 18.8 Å². The fourth-order valence-corrected chi connectivity index (χ4v) is 2.29. The minimum atomic E-state index is -0.268. The molecule has 4 nitrogen and oxygen atoms in total. The third-order valence-corrected chi connectivity index (χ3v) is 3.33. The SMILES string of the molecule is COc1ccc2c(n1)c(C=O)cn2Cc1ccc(F)cc1. The minimum Gasteiger partial charge on any atom is -0.481 e. The van der Waals surface area contributed by atoms with Crippen LogP contribution in [-0.2, 0) is 6.54 Å². The molecule has 0 saturated carbocycles. The fraction of sp³-hybridized carbons (Fsp3) is 0.125.